The normalized spacial score (nSPS) is 11.4. The molecule has 0 fully saturated rings. The molecule has 1 aromatic heterocycles. The summed E-state index contributed by atoms with van der Waals surface area (Å²) in [6, 6.07) is 2.51. The topological polar surface area (TPSA) is 22.1 Å². The Morgan fingerprint density at radius 3 is 2.69 bits per heavy atom. The molecule has 0 N–H and O–H groups in total. The Bertz CT molecular complexity index is 289. The van der Waals surface area contributed by atoms with Crippen LogP contribution in [-0.2, 0) is 5.88 Å². The average molecular weight is 212 g/mol. The van der Waals surface area contributed by atoms with Gasteiger partial charge in [0.25, 0.3) is 0 Å². The molecular weight excluding hydrogens is 207 g/mol. The predicted molar refractivity (Wildman–Crippen MR) is 40.5 cm³/mol. The molecule has 2 nitrogen and oxygen atoms in total. The van der Waals surface area contributed by atoms with Crippen LogP contribution in [0, 0.1) is 0 Å². The zero-order valence-corrected chi connectivity index (χ0v) is 7.06. The van der Waals surface area contributed by atoms with Gasteiger partial charge in [-0.25, -0.2) is 0 Å². The highest BCUT2D eigenvalue weighted by Crippen LogP contribution is 2.25. The Hall–Kier alpha value is -0.970. The smallest absolute Gasteiger partial charge is 0.404 e. The van der Waals surface area contributed by atoms with Crippen molar-refractivity contribution >= 4 is 11.6 Å². The highest BCUT2D eigenvalue weighted by molar-refractivity contribution is 6.17. The third-order valence-corrected chi connectivity index (χ3v) is 1.45. The van der Waals surface area contributed by atoms with Gasteiger partial charge in [-0.1, -0.05) is 0 Å². The summed E-state index contributed by atoms with van der Waals surface area (Å²) in [5, 5.41) is 0. The van der Waals surface area contributed by atoms with Crippen molar-refractivity contribution in [1.82, 2.24) is 4.98 Å². The fraction of sp³-hybridized carbons (Fsp3) is 0.286. The van der Waals surface area contributed by atoms with Crippen LogP contribution in [0.1, 0.15) is 5.69 Å². The lowest BCUT2D eigenvalue weighted by atomic mass is 10.3. The number of pyridine rings is 1. The lowest BCUT2D eigenvalue weighted by Gasteiger charge is -2.10. The van der Waals surface area contributed by atoms with Crippen LogP contribution >= 0.6 is 11.6 Å². The van der Waals surface area contributed by atoms with E-state index in [9.17, 15) is 13.2 Å². The van der Waals surface area contributed by atoms with Gasteiger partial charge in [0, 0.05) is 6.20 Å². The zero-order valence-electron chi connectivity index (χ0n) is 6.31. The van der Waals surface area contributed by atoms with E-state index >= 15 is 0 Å². The van der Waals surface area contributed by atoms with Gasteiger partial charge in [0.15, 0.2) is 5.75 Å². The van der Waals surface area contributed by atoms with Crippen molar-refractivity contribution in [3.8, 4) is 5.75 Å². The van der Waals surface area contributed by atoms with Gasteiger partial charge in [0.2, 0.25) is 0 Å². The van der Waals surface area contributed by atoms with Crippen molar-refractivity contribution < 1.29 is 17.9 Å². The number of ether oxygens (including phenoxy) is 1. The molecule has 6 heteroatoms. The highest BCUT2D eigenvalue weighted by Gasteiger charge is 2.32. The summed E-state index contributed by atoms with van der Waals surface area (Å²) < 4.78 is 39.0. The molecule has 13 heavy (non-hydrogen) atoms. The number of rotatable bonds is 2. The number of hydrogen-bond acceptors (Lipinski definition) is 2. The molecule has 0 radical (unpaired) electrons. The minimum absolute atomic E-state index is 0.0708. The molecule has 0 atom stereocenters. The Balaban J connectivity index is 2.87. The maximum absolute atomic E-state index is 11.8. The van der Waals surface area contributed by atoms with Crippen LogP contribution in [-0.4, -0.2) is 11.3 Å². The van der Waals surface area contributed by atoms with Crippen LogP contribution < -0.4 is 4.74 Å². The predicted octanol–water partition coefficient (Wildman–Crippen LogP) is 2.72. The highest BCUT2D eigenvalue weighted by atomic mass is 35.5. The average Bonchev–Trinajstić information content (AvgIpc) is 2.02. The van der Waals surface area contributed by atoms with Crippen LogP contribution in [0.5, 0.6) is 5.75 Å². The number of hydrogen-bond donors (Lipinski definition) is 0. The fourth-order valence-corrected chi connectivity index (χ4v) is 0.942. The first-order valence-electron chi connectivity index (χ1n) is 3.28. The Kier molecular flexibility index (Phi) is 2.98. The molecule has 0 unspecified atom stereocenters. The van der Waals surface area contributed by atoms with E-state index in [1.54, 1.807) is 0 Å². The maximum Gasteiger partial charge on any atom is 0.573 e. The van der Waals surface area contributed by atoms with Crippen LogP contribution in [0.15, 0.2) is 18.3 Å². The van der Waals surface area contributed by atoms with Crippen molar-refractivity contribution in [3.05, 3.63) is 24.0 Å². The van der Waals surface area contributed by atoms with E-state index < -0.39 is 6.36 Å². The summed E-state index contributed by atoms with van der Waals surface area (Å²) >= 11 is 5.35. The van der Waals surface area contributed by atoms with Crippen LogP contribution in [0.25, 0.3) is 0 Å². The first-order chi connectivity index (χ1) is 6.03. The molecule has 1 aromatic rings. The molecule has 1 heterocycles. The quantitative estimate of drug-likeness (QED) is 0.702. The van der Waals surface area contributed by atoms with Crippen LogP contribution in [0.4, 0.5) is 13.2 Å². The van der Waals surface area contributed by atoms with E-state index in [4.69, 9.17) is 11.6 Å². The third-order valence-electron chi connectivity index (χ3n) is 1.20. The molecule has 0 saturated carbocycles. The minimum atomic E-state index is -4.70. The maximum atomic E-state index is 11.8. The first-order valence-corrected chi connectivity index (χ1v) is 3.82. The fourth-order valence-electron chi connectivity index (χ4n) is 0.741. The molecule has 0 aliphatic rings. The van der Waals surface area contributed by atoms with E-state index in [0.717, 1.165) is 6.07 Å². The number of aromatic nitrogens is 1. The van der Waals surface area contributed by atoms with Gasteiger partial charge in [-0.3, -0.25) is 4.98 Å². The minimum Gasteiger partial charge on any atom is -0.404 e. The molecule has 0 amide bonds. The molecular formula is C7H5ClF3NO. The third kappa shape index (κ3) is 3.10. The van der Waals surface area contributed by atoms with Gasteiger partial charge in [0.05, 0.1) is 11.6 Å². The Morgan fingerprint density at radius 2 is 2.15 bits per heavy atom. The Labute approximate surface area is 77.3 Å². The van der Waals surface area contributed by atoms with E-state index in [1.165, 1.54) is 12.3 Å². The van der Waals surface area contributed by atoms with E-state index in [-0.39, 0.29) is 17.3 Å². The van der Waals surface area contributed by atoms with Crippen molar-refractivity contribution in [2.75, 3.05) is 0 Å². The van der Waals surface area contributed by atoms with Gasteiger partial charge < -0.3 is 4.74 Å². The molecule has 0 bridgehead atoms. The molecule has 72 valence electrons. The number of nitrogens with zero attached hydrogens (tertiary/aromatic N) is 1. The second-order valence-electron chi connectivity index (χ2n) is 2.13. The van der Waals surface area contributed by atoms with Gasteiger partial charge in [-0.15, -0.1) is 24.8 Å². The lowest BCUT2D eigenvalue weighted by molar-refractivity contribution is -0.275. The van der Waals surface area contributed by atoms with Crippen molar-refractivity contribution in [2.24, 2.45) is 0 Å². The second-order valence-corrected chi connectivity index (χ2v) is 2.40. The summed E-state index contributed by atoms with van der Waals surface area (Å²) in [7, 11) is 0. The second kappa shape index (κ2) is 3.83. The Morgan fingerprint density at radius 1 is 1.46 bits per heavy atom. The molecule has 0 aromatic carbocycles. The van der Waals surface area contributed by atoms with Gasteiger partial charge in [0.1, 0.15) is 0 Å². The molecule has 0 spiro atoms. The molecule has 0 aliphatic heterocycles. The first kappa shape index (κ1) is 10.1. The SMILES string of the molecule is FC(F)(F)Oc1cccnc1CCl. The van der Waals surface area contributed by atoms with E-state index in [1.807, 2.05) is 0 Å². The molecule has 0 saturated heterocycles. The van der Waals surface area contributed by atoms with Gasteiger partial charge in [-0.2, -0.15) is 0 Å². The molecule has 1 rings (SSSR count). The summed E-state index contributed by atoms with van der Waals surface area (Å²) in [6.07, 6.45) is -3.36. The number of halogens is 4. The lowest BCUT2D eigenvalue weighted by Crippen LogP contribution is -2.18. The van der Waals surface area contributed by atoms with Gasteiger partial charge in [-0.05, 0) is 12.1 Å². The largest absolute Gasteiger partial charge is 0.573 e. The standard InChI is InChI=1S/C7H5ClF3NO/c8-4-5-6(2-1-3-12-5)13-7(9,10)11/h1-3H,4H2. The van der Waals surface area contributed by atoms with Crippen LogP contribution in [0.3, 0.4) is 0 Å². The molecule has 0 aliphatic carbocycles. The summed E-state index contributed by atoms with van der Waals surface area (Å²) in [5.41, 5.74) is 0.0708. The van der Waals surface area contributed by atoms with Gasteiger partial charge >= 0.3 is 6.36 Å². The summed E-state index contributed by atoms with van der Waals surface area (Å²) in [4.78, 5) is 3.62. The van der Waals surface area contributed by atoms with Crippen molar-refractivity contribution in [2.45, 2.75) is 12.2 Å². The van der Waals surface area contributed by atoms with Crippen LogP contribution in [0.2, 0.25) is 0 Å². The van der Waals surface area contributed by atoms with E-state index in [0.29, 0.717) is 0 Å². The van der Waals surface area contributed by atoms with Crippen molar-refractivity contribution in [3.63, 3.8) is 0 Å². The zero-order chi connectivity index (χ0) is 9.90. The van der Waals surface area contributed by atoms with Crippen molar-refractivity contribution in [1.29, 1.82) is 0 Å². The number of alkyl halides is 4. The monoisotopic (exact) mass is 211 g/mol. The summed E-state index contributed by atoms with van der Waals surface area (Å²) in [5.74, 6) is -0.475. The van der Waals surface area contributed by atoms with E-state index in [2.05, 4.69) is 9.72 Å². The summed E-state index contributed by atoms with van der Waals surface area (Å²) in [6.45, 7) is 0.